The van der Waals surface area contributed by atoms with E-state index in [1.807, 2.05) is 0 Å². The number of benzene rings is 7. The molecule has 0 aliphatic heterocycles. The highest BCUT2D eigenvalue weighted by atomic mass is 32.2. The van der Waals surface area contributed by atoms with Crippen LogP contribution in [0.15, 0.2) is 167 Å². The second-order valence-corrected chi connectivity index (χ2v) is 16.7. The number of aromatic hydroxyl groups is 1. The Balaban J connectivity index is 0.00000264. The third kappa shape index (κ3) is 8.50. The monoisotopic (exact) mass is 858 g/mol. The molecule has 0 saturated carbocycles. The second-order valence-electron chi connectivity index (χ2n) is 12.6. The van der Waals surface area contributed by atoms with Crippen molar-refractivity contribution in [1.29, 1.82) is 0 Å². The molecule has 59 heavy (non-hydrogen) atoms. The van der Waals surface area contributed by atoms with Crippen molar-refractivity contribution >= 4 is 97.4 Å². The van der Waals surface area contributed by atoms with Gasteiger partial charge in [-0.3, -0.25) is 9.11 Å². The maximum Gasteiger partial charge on any atom is 0.296 e. The first-order valence-corrected chi connectivity index (χ1v) is 21.0. The molecule has 0 aliphatic rings. The second kappa shape index (κ2) is 15.4. The number of hydrogen-bond acceptors (Lipinski definition) is 15. The third-order valence-corrected chi connectivity index (χ3v) is 11.3. The quantitative estimate of drug-likeness (QED) is 0.0569. The van der Waals surface area contributed by atoms with Crippen LogP contribution in [0.2, 0.25) is 0 Å². The van der Waals surface area contributed by atoms with Gasteiger partial charge in [-0.15, -0.1) is 15.9 Å². The Kier molecular flexibility index (Phi) is 10.5. The summed E-state index contributed by atoms with van der Waals surface area (Å²) in [5.74, 6) is -0.979. The van der Waals surface area contributed by atoms with Gasteiger partial charge in [-0.05, 0) is 89.3 Å². The largest absolute Gasteiger partial charge is 0.744 e. The van der Waals surface area contributed by atoms with Gasteiger partial charge >= 0.3 is 0 Å². The van der Waals surface area contributed by atoms with E-state index in [4.69, 9.17) is 11.5 Å². The van der Waals surface area contributed by atoms with Crippen LogP contribution in [0.25, 0.3) is 38.4 Å². The van der Waals surface area contributed by atoms with E-state index < -0.39 is 73.7 Å². The minimum absolute atomic E-state index is 0. The van der Waals surface area contributed by atoms with Crippen molar-refractivity contribution in [3.63, 3.8) is 0 Å². The van der Waals surface area contributed by atoms with Crippen LogP contribution >= 0.6 is 0 Å². The van der Waals surface area contributed by atoms with Crippen LogP contribution in [0.3, 0.4) is 0 Å². The van der Waals surface area contributed by atoms with E-state index in [1.54, 1.807) is 66.7 Å². The highest BCUT2D eigenvalue weighted by Gasteiger charge is 2.24. The molecule has 306 valence electrons. The molecule has 21 heteroatoms. The minimum atomic E-state index is -5.33. The maximum absolute atomic E-state index is 12.4. The van der Waals surface area contributed by atoms with Crippen LogP contribution in [0.5, 0.6) is 5.75 Å². The van der Waals surface area contributed by atoms with E-state index in [2.05, 4.69) is 30.7 Å². The first-order valence-electron chi connectivity index (χ1n) is 16.7. The SMILES string of the molecule is [HH].[HH].[HH].[HH].[NH-]c1c(N=Nc2ccc(-c3ccc(N=Nc4ccc(N)c5cc(S(=O)(=O)O)ccc45)cc3)cc2)c(S(=O)(=O)O)cc2cc(S(=O)(=O)[O-])c(N=Nc3ccccc3)c(O)c12. The van der Waals surface area contributed by atoms with Crippen LogP contribution in [-0.2, 0) is 30.4 Å². The van der Waals surface area contributed by atoms with Gasteiger partial charge in [0.05, 0.1) is 38.2 Å². The number of hydrogen-bond donors (Lipinski definition) is 4. The normalized spacial score (nSPS) is 12.7. The van der Waals surface area contributed by atoms with Gasteiger partial charge in [-0.2, -0.15) is 37.3 Å². The molecule has 7 rings (SSSR count). The standard InChI is InChI=1S/C38H27N8O10S3.4H2/c39-30-16-17-31(28-15-14-27(20-29(28)30)57(48,49)50)44-41-25-10-6-21(7-11-25)22-8-12-26(13-9-22)43-45-36-32(58(51,52)53)18-23-19-33(59(54,55)56)37(38(47)34(23)35(36)40)46-42-24-4-2-1-3-5-24;;;;/h1-20H,(H7-,39,40,41,42,43,44,45,46,47,48,49,50,51,52,53,54,55,56);4*1H/q-1;;;;/p-1. The Hall–Kier alpha value is -7.01. The van der Waals surface area contributed by atoms with E-state index in [0.717, 1.165) is 17.2 Å². The van der Waals surface area contributed by atoms with E-state index in [1.165, 1.54) is 42.5 Å². The summed E-state index contributed by atoms with van der Waals surface area (Å²) >= 11 is 0. The average Bonchev–Trinajstić information content (AvgIpc) is 3.19. The molecular weight excluding hydrogens is 825 g/mol. The lowest BCUT2D eigenvalue weighted by atomic mass is 10.0. The lowest BCUT2D eigenvalue weighted by Crippen LogP contribution is -2.02. The zero-order valence-corrected chi connectivity index (χ0v) is 32.2. The van der Waals surface area contributed by atoms with Gasteiger partial charge in [0.15, 0.2) is 5.75 Å². The third-order valence-electron chi connectivity index (χ3n) is 8.75. The van der Waals surface area contributed by atoms with Gasteiger partial charge in [0.1, 0.15) is 20.7 Å². The van der Waals surface area contributed by atoms with Crippen molar-refractivity contribution < 1.29 is 49.7 Å². The predicted octanol–water partition coefficient (Wildman–Crippen LogP) is 11.3. The van der Waals surface area contributed by atoms with Crippen molar-refractivity contribution in [2.45, 2.75) is 14.7 Å². The van der Waals surface area contributed by atoms with Crippen LogP contribution in [-0.4, -0.2) is 44.0 Å². The number of phenolic OH excluding ortho intramolecular Hbond substituents is 1. The molecule has 6 N–H and O–H groups in total. The zero-order chi connectivity index (χ0) is 42.3. The average molecular weight is 859 g/mol. The van der Waals surface area contributed by atoms with Gasteiger partial charge in [0, 0.05) is 27.6 Å². The molecule has 7 aromatic rings. The lowest BCUT2D eigenvalue weighted by molar-refractivity contribution is 0.458. The fraction of sp³-hybridized carbons (Fsp3) is 0. The molecule has 0 radical (unpaired) electrons. The van der Waals surface area contributed by atoms with Crippen LogP contribution < -0.4 is 5.73 Å². The number of nitrogens with zero attached hydrogens (tertiary/aromatic N) is 6. The zero-order valence-electron chi connectivity index (χ0n) is 29.7. The molecule has 0 unspecified atom stereocenters. The Morgan fingerprint density at radius 2 is 1.12 bits per heavy atom. The highest BCUT2D eigenvalue weighted by molar-refractivity contribution is 7.86. The Morgan fingerprint density at radius 1 is 0.576 bits per heavy atom. The summed E-state index contributed by atoms with van der Waals surface area (Å²) in [4.78, 5) is -2.31. The van der Waals surface area contributed by atoms with Crippen molar-refractivity contribution in [1.82, 2.24) is 0 Å². The summed E-state index contributed by atoms with van der Waals surface area (Å²) in [6.45, 7) is 0. The van der Waals surface area contributed by atoms with E-state index in [0.29, 0.717) is 28.2 Å². The van der Waals surface area contributed by atoms with E-state index in [9.17, 15) is 44.0 Å². The summed E-state index contributed by atoms with van der Waals surface area (Å²) in [5.41, 5.74) is 15.6. The van der Waals surface area contributed by atoms with Crippen LogP contribution in [0, 0.1) is 0 Å². The number of fused-ring (bicyclic) bond motifs is 2. The highest BCUT2D eigenvalue weighted by Crippen LogP contribution is 2.50. The number of nitrogens with two attached hydrogens (primary N) is 1. The Morgan fingerprint density at radius 3 is 1.68 bits per heavy atom. The summed E-state index contributed by atoms with van der Waals surface area (Å²) in [6.07, 6.45) is 0. The van der Waals surface area contributed by atoms with E-state index in [-0.39, 0.29) is 27.7 Å². The Labute approximate surface area is 341 Å². The summed E-state index contributed by atoms with van der Waals surface area (Å²) in [6, 6.07) is 29.9. The van der Waals surface area contributed by atoms with Gasteiger partial charge in [-0.25, -0.2) is 8.42 Å². The molecule has 0 fully saturated rings. The molecule has 0 atom stereocenters. The van der Waals surface area contributed by atoms with E-state index >= 15 is 0 Å². The number of azo groups is 3. The molecule has 0 aromatic heterocycles. The Bertz CT molecular complexity index is 3280. The molecule has 0 spiro atoms. The molecule has 0 saturated heterocycles. The fourth-order valence-corrected chi connectivity index (χ4v) is 7.72. The number of nitrogen functional groups attached to an aromatic ring is 1. The molecule has 0 aliphatic carbocycles. The smallest absolute Gasteiger partial charge is 0.296 e. The molecule has 18 nitrogen and oxygen atoms in total. The number of phenols is 1. The molecule has 7 aromatic carbocycles. The first kappa shape index (κ1) is 40.2. The molecular formula is C38H34N8O10S3-2. The number of rotatable bonds is 10. The van der Waals surface area contributed by atoms with Crippen LogP contribution in [0.4, 0.5) is 45.5 Å². The maximum atomic E-state index is 12.4. The topological polar surface area (TPSA) is 310 Å². The van der Waals surface area contributed by atoms with Crippen molar-refractivity contribution in [3.05, 3.63) is 127 Å². The summed E-state index contributed by atoms with van der Waals surface area (Å²) in [7, 11) is -14.9. The van der Waals surface area contributed by atoms with Crippen molar-refractivity contribution in [3.8, 4) is 16.9 Å². The van der Waals surface area contributed by atoms with Crippen LogP contribution in [0.1, 0.15) is 5.71 Å². The summed E-state index contributed by atoms with van der Waals surface area (Å²) < 4.78 is 104. The van der Waals surface area contributed by atoms with Crippen molar-refractivity contribution in [2.24, 2.45) is 30.7 Å². The van der Waals surface area contributed by atoms with Gasteiger partial charge in [-0.1, -0.05) is 48.5 Å². The fourth-order valence-electron chi connectivity index (χ4n) is 5.91. The minimum Gasteiger partial charge on any atom is -0.744 e. The number of anilines is 1. The lowest BCUT2D eigenvalue weighted by Gasteiger charge is -2.19. The molecule has 0 bridgehead atoms. The van der Waals surface area contributed by atoms with Gasteiger partial charge in [0.25, 0.3) is 20.2 Å². The predicted molar refractivity (Wildman–Crippen MR) is 225 cm³/mol. The van der Waals surface area contributed by atoms with Gasteiger partial charge in [0.2, 0.25) is 0 Å². The van der Waals surface area contributed by atoms with Gasteiger partial charge < -0.3 is 21.1 Å². The molecule has 0 heterocycles. The summed E-state index contributed by atoms with van der Waals surface area (Å²) in [5, 5.41) is 35.3. The number of nitrogens with one attached hydrogen (secondary N) is 1. The van der Waals surface area contributed by atoms with Crippen molar-refractivity contribution in [2.75, 3.05) is 5.73 Å². The first-order chi connectivity index (χ1) is 27.9. The molecule has 0 amide bonds.